The summed E-state index contributed by atoms with van der Waals surface area (Å²) >= 11 is 0. The van der Waals surface area contributed by atoms with E-state index in [-0.39, 0.29) is 12.4 Å². The van der Waals surface area contributed by atoms with Gasteiger partial charge in [0, 0.05) is 13.0 Å². The van der Waals surface area contributed by atoms with Gasteiger partial charge < -0.3 is 9.47 Å². The summed E-state index contributed by atoms with van der Waals surface area (Å²) in [5.74, 6) is 0. The van der Waals surface area contributed by atoms with E-state index in [0.29, 0.717) is 0 Å². The van der Waals surface area contributed by atoms with E-state index in [1.807, 2.05) is 6.08 Å². The van der Waals surface area contributed by atoms with Gasteiger partial charge in [0.2, 0.25) is 0 Å². The molecule has 17 heavy (non-hydrogen) atoms. The summed E-state index contributed by atoms with van der Waals surface area (Å²) in [6, 6.07) is 0. The van der Waals surface area contributed by atoms with E-state index in [1.54, 1.807) is 0 Å². The second-order valence-corrected chi connectivity index (χ2v) is 4.88. The summed E-state index contributed by atoms with van der Waals surface area (Å²) in [4.78, 5) is 0. The SMILES string of the molecule is C=CCC1=C(C)C(O[C@H]2CCCCO2)CC1=C. The first kappa shape index (κ1) is 12.6. The zero-order chi connectivity index (χ0) is 12.3. The van der Waals surface area contributed by atoms with Crippen LogP contribution < -0.4 is 0 Å². The lowest BCUT2D eigenvalue weighted by Crippen LogP contribution is -2.27. The van der Waals surface area contributed by atoms with E-state index in [0.717, 1.165) is 32.3 Å². The lowest BCUT2D eigenvalue weighted by Gasteiger charge is -2.26. The third-order valence-corrected chi connectivity index (χ3v) is 3.62. The molecule has 0 aromatic heterocycles. The Hall–Kier alpha value is -0.860. The van der Waals surface area contributed by atoms with Gasteiger partial charge >= 0.3 is 0 Å². The van der Waals surface area contributed by atoms with Crippen LogP contribution in [0.1, 0.15) is 39.0 Å². The Morgan fingerprint density at radius 2 is 2.29 bits per heavy atom. The molecule has 0 radical (unpaired) electrons. The van der Waals surface area contributed by atoms with Gasteiger partial charge in [-0.05, 0) is 49.3 Å². The summed E-state index contributed by atoms with van der Waals surface area (Å²) in [6.45, 7) is 10.9. The highest BCUT2D eigenvalue weighted by Crippen LogP contribution is 2.35. The summed E-state index contributed by atoms with van der Waals surface area (Å²) in [7, 11) is 0. The van der Waals surface area contributed by atoms with Crippen molar-refractivity contribution in [1.82, 2.24) is 0 Å². The van der Waals surface area contributed by atoms with Crippen molar-refractivity contribution in [3.05, 3.63) is 36.0 Å². The van der Waals surface area contributed by atoms with Crippen LogP contribution in [0.15, 0.2) is 36.0 Å². The zero-order valence-corrected chi connectivity index (χ0v) is 10.7. The Labute approximate surface area is 104 Å². The molecule has 1 saturated heterocycles. The maximum atomic E-state index is 6.04. The van der Waals surface area contributed by atoms with Crippen molar-refractivity contribution < 1.29 is 9.47 Å². The van der Waals surface area contributed by atoms with Gasteiger partial charge in [-0.2, -0.15) is 0 Å². The normalized spacial score (nSPS) is 29.8. The third-order valence-electron chi connectivity index (χ3n) is 3.62. The maximum absolute atomic E-state index is 6.04. The molecule has 1 unspecified atom stereocenters. The summed E-state index contributed by atoms with van der Waals surface area (Å²) in [5, 5.41) is 0. The number of allylic oxidation sites excluding steroid dienone is 2. The van der Waals surface area contributed by atoms with Gasteiger partial charge in [0.05, 0.1) is 6.10 Å². The highest BCUT2D eigenvalue weighted by Gasteiger charge is 2.28. The van der Waals surface area contributed by atoms with Crippen LogP contribution in [-0.4, -0.2) is 19.0 Å². The van der Waals surface area contributed by atoms with Crippen LogP contribution in [-0.2, 0) is 9.47 Å². The molecule has 94 valence electrons. The quantitative estimate of drug-likeness (QED) is 0.690. The van der Waals surface area contributed by atoms with Gasteiger partial charge in [0.15, 0.2) is 6.29 Å². The highest BCUT2D eigenvalue weighted by molar-refractivity contribution is 5.42. The average Bonchev–Trinajstić information content (AvgIpc) is 2.59. The van der Waals surface area contributed by atoms with E-state index in [4.69, 9.17) is 9.47 Å². The van der Waals surface area contributed by atoms with Gasteiger partial charge in [0.25, 0.3) is 0 Å². The molecular formula is C15H22O2. The van der Waals surface area contributed by atoms with Gasteiger partial charge in [-0.15, -0.1) is 6.58 Å². The molecule has 0 saturated carbocycles. The minimum atomic E-state index is -0.0143. The Morgan fingerprint density at radius 3 is 2.94 bits per heavy atom. The van der Waals surface area contributed by atoms with Crippen molar-refractivity contribution in [1.29, 1.82) is 0 Å². The topological polar surface area (TPSA) is 18.5 Å². The van der Waals surface area contributed by atoms with Crippen molar-refractivity contribution >= 4 is 0 Å². The first-order chi connectivity index (χ1) is 8.22. The summed E-state index contributed by atoms with van der Waals surface area (Å²) in [6.07, 6.45) is 7.29. The van der Waals surface area contributed by atoms with Crippen molar-refractivity contribution in [3.8, 4) is 0 Å². The maximum Gasteiger partial charge on any atom is 0.158 e. The molecule has 2 atom stereocenters. The molecule has 2 heteroatoms. The molecule has 0 aromatic rings. The van der Waals surface area contributed by atoms with Crippen LogP contribution in [0.25, 0.3) is 0 Å². The first-order valence-electron chi connectivity index (χ1n) is 6.48. The molecule has 0 spiro atoms. The molecule has 1 aliphatic carbocycles. The summed E-state index contributed by atoms with van der Waals surface area (Å²) in [5.41, 5.74) is 3.83. The number of ether oxygens (including phenoxy) is 2. The predicted octanol–water partition coefficient (Wildman–Crippen LogP) is 3.75. The minimum absolute atomic E-state index is 0.0143. The van der Waals surface area contributed by atoms with Crippen LogP contribution in [0.4, 0.5) is 0 Å². The highest BCUT2D eigenvalue weighted by atomic mass is 16.7. The fourth-order valence-electron chi connectivity index (χ4n) is 2.57. The molecular weight excluding hydrogens is 212 g/mol. The van der Waals surface area contributed by atoms with E-state index >= 15 is 0 Å². The number of rotatable bonds is 4. The smallest absolute Gasteiger partial charge is 0.158 e. The van der Waals surface area contributed by atoms with Crippen LogP contribution in [0, 0.1) is 0 Å². The largest absolute Gasteiger partial charge is 0.353 e. The molecule has 2 aliphatic rings. The lowest BCUT2D eigenvalue weighted by atomic mass is 10.1. The molecule has 0 aromatic carbocycles. The van der Waals surface area contributed by atoms with Crippen molar-refractivity contribution in [2.45, 2.75) is 51.4 Å². The zero-order valence-electron chi connectivity index (χ0n) is 10.7. The molecule has 2 rings (SSSR count). The van der Waals surface area contributed by atoms with E-state index in [1.165, 1.54) is 23.1 Å². The molecule has 2 nitrogen and oxygen atoms in total. The number of hydrogen-bond donors (Lipinski definition) is 0. The first-order valence-corrected chi connectivity index (χ1v) is 6.48. The predicted molar refractivity (Wildman–Crippen MR) is 69.7 cm³/mol. The third kappa shape index (κ3) is 2.88. The monoisotopic (exact) mass is 234 g/mol. The van der Waals surface area contributed by atoms with Gasteiger partial charge in [-0.25, -0.2) is 0 Å². The van der Waals surface area contributed by atoms with Crippen molar-refractivity contribution in [2.24, 2.45) is 0 Å². The molecule has 1 fully saturated rings. The Kier molecular flexibility index (Phi) is 4.19. The standard InChI is InChI=1S/C15H22O2/c1-4-7-13-11(2)10-14(12(13)3)17-15-8-5-6-9-16-15/h4,14-15H,1-2,5-10H2,3H3/t14?,15-/m0/s1. The Bertz CT molecular complexity index is 335. The van der Waals surface area contributed by atoms with Gasteiger partial charge in [-0.1, -0.05) is 12.7 Å². The molecule has 0 bridgehead atoms. The second-order valence-electron chi connectivity index (χ2n) is 4.88. The fraction of sp³-hybridized carbons (Fsp3) is 0.600. The minimum Gasteiger partial charge on any atom is -0.353 e. The molecule has 0 N–H and O–H groups in total. The van der Waals surface area contributed by atoms with Crippen LogP contribution in [0.5, 0.6) is 0 Å². The van der Waals surface area contributed by atoms with Crippen LogP contribution >= 0.6 is 0 Å². The fourth-order valence-corrected chi connectivity index (χ4v) is 2.57. The van der Waals surface area contributed by atoms with E-state index in [2.05, 4.69) is 20.1 Å². The van der Waals surface area contributed by atoms with E-state index in [9.17, 15) is 0 Å². The average molecular weight is 234 g/mol. The second kappa shape index (κ2) is 5.65. The molecule has 1 aliphatic heterocycles. The van der Waals surface area contributed by atoms with E-state index < -0.39 is 0 Å². The molecule has 0 amide bonds. The van der Waals surface area contributed by atoms with Crippen LogP contribution in [0.3, 0.4) is 0 Å². The Morgan fingerprint density at radius 1 is 1.47 bits per heavy atom. The summed E-state index contributed by atoms with van der Waals surface area (Å²) < 4.78 is 11.7. The number of hydrogen-bond acceptors (Lipinski definition) is 2. The lowest BCUT2D eigenvalue weighted by molar-refractivity contribution is -0.179. The molecule has 1 heterocycles. The van der Waals surface area contributed by atoms with Crippen molar-refractivity contribution in [3.63, 3.8) is 0 Å². The van der Waals surface area contributed by atoms with Gasteiger partial charge in [-0.3, -0.25) is 0 Å². The van der Waals surface area contributed by atoms with Gasteiger partial charge in [0.1, 0.15) is 0 Å². The Balaban J connectivity index is 1.97. The van der Waals surface area contributed by atoms with Crippen LogP contribution in [0.2, 0.25) is 0 Å². The van der Waals surface area contributed by atoms with Crippen molar-refractivity contribution in [2.75, 3.05) is 6.61 Å².